The van der Waals surface area contributed by atoms with Gasteiger partial charge in [0.15, 0.2) is 0 Å². The van der Waals surface area contributed by atoms with Crippen molar-refractivity contribution >= 4 is 15.9 Å². The van der Waals surface area contributed by atoms with Gasteiger partial charge in [0.2, 0.25) is 0 Å². The van der Waals surface area contributed by atoms with Crippen LogP contribution in [0.15, 0.2) is 63.9 Å². The van der Waals surface area contributed by atoms with Gasteiger partial charge in [0.1, 0.15) is 16.5 Å². The molecule has 0 bridgehead atoms. The van der Waals surface area contributed by atoms with Crippen LogP contribution in [0.25, 0.3) is 11.1 Å². The first-order valence-electron chi connectivity index (χ1n) is 9.08. The highest BCUT2D eigenvalue weighted by Crippen LogP contribution is 2.23. The molecule has 0 spiro atoms. The summed E-state index contributed by atoms with van der Waals surface area (Å²) in [6.45, 7) is 3.83. The van der Waals surface area contributed by atoms with Gasteiger partial charge in [0.25, 0.3) is 5.56 Å². The monoisotopic (exact) mass is 428 g/mol. The van der Waals surface area contributed by atoms with E-state index >= 15 is 0 Å². The zero-order valence-electron chi connectivity index (χ0n) is 15.5. The van der Waals surface area contributed by atoms with Crippen molar-refractivity contribution in [3.63, 3.8) is 0 Å². The summed E-state index contributed by atoms with van der Waals surface area (Å²) in [4.78, 5) is 17.2. The van der Waals surface area contributed by atoms with Crippen LogP contribution in [0, 0.1) is 0 Å². The molecule has 0 saturated heterocycles. The molecule has 2 aromatic carbocycles. The number of alkyl halides is 1. The number of hydrogen-bond acceptors (Lipinski definition) is 2. The van der Waals surface area contributed by atoms with Crippen LogP contribution < -0.4 is 5.56 Å². The molecule has 27 heavy (non-hydrogen) atoms. The van der Waals surface area contributed by atoms with Gasteiger partial charge in [-0.3, -0.25) is 9.36 Å². The zero-order valence-corrected chi connectivity index (χ0v) is 17.0. The lowest BCUT2D eigenvalue weighted by Gasteiger charge is -2.15. The Balaban J connectivity index is 1.95. The number of aryl methyl sites for hydroxylation is 1. The Morgan fingerprint density at radius 1 is 1.07 bits per heavy atom. The van der Waals surface area contributed by atoms with Crippen LogP contribution in [0.5, 0.6) is 0 Å². The molecule has 0 radical (unpaired) electrons. The van der Waals surface area contributed by atoms with Crippen LogP contribution in [0.1, 0.15) is 43.5 Å². The summed E-state index contributed by atoms with van der Waals surface area (Å²) in [6.07, 6.45) is 0.174. The summed E-state index contributed by atoms with van der Waals surface area (Å²) >= 11 is 3.24. The lowest BCUT2D eigenvalue weighted by Crippen LogP contribution is -2.28. The van der Waals surface area contributed by atoms with Crippen molar-refractivity contribution in [3.05, 3.63) is 86.5 Å². The van der Waals surface area contributed by atoms with Crippen molar-refractivity contribution in [2.45, 2.75) is 39.4 Å². The van der Waals surface area contributed by atoms with Crippen molar-refractivity contribution in [1.29, 1.82) is 0 Å². The Morgan fingerprint density at radius 3 is 2.30 bits per heavy atom. The lowest BCUT2D eigenvalue weighted by atomic mass is 10.0. The molecule has 3 aromatic rings. The maximum atomic E-state index is 13.8. The molecule has 1 heterocycles. The van der Waals surface area contributed by atoms with Crippen molar-refractivity contribution in [3.8, 4) is 11.1 Å². The van der Waals surface area contributed by atoms with Gasteiger partial charge in [-0.15, -0.1) is 0 Å². The highest BCUT2D eigenvalue weighted by atomic mass is 79.9. The van der Waals surface area contributed by atoms with E-state index < -0.39 is 6.17 Å². The predicted molar refractivity (Wildman–Crippen MR) is 111 cm³/mol. The highest BCUT2D eigenvalue weighted by Gasteiger charge is 2.18. The SMILES string of the molecule is CCCc1nc(C(C)F)c(Br)c(=O)n1Cc1ccc(-c2ccccc2)cc1. The fraction of sp³-hybridized carbons (Fsp3) is 0.273. The van der Waals surface area contributed by atoms with Crippen molar-refractivity contribution in [2.75, 3.05) is 0 Å². The van der Waals surface area contributed by atoms with Gasteiger partial charge in [-0.05, 0) is 46.0 Å². The third-order valence-corrected chi connectivity index (χ3v) is 5.22. The minimum absolute atomic E-state index is 0.180. The largest absolute Gasteiger partial charge is 0.291 e. The van der Waals surface area contributed by atoms with E-state index in [0.29, 0.717) is 18.8 Å². The van der Waals surface area contributed by atoms with Crippen molar-refractivity contribution in [2.24, 2.45) is 0 Å². The first-order valence-corrected chi connectivity index (χ1v) is 9.88. The molecule has 0 N–H and O–H groups in total. The molecule has 3 rings (SSSR count). The summed E-state index contributed by atoms with van der Waals surface area (Å²) in [5.41, 5.74) is 3.23. The first-order chi connectivity index (χ1) is 13.0. The Labute approximate surface area is 167 Å². The van der Waals surface area contributed by atoms with Gasteiger partial charge in [-0.2, -0.15) is 0 Å². The third kappa shape index (κ3) is 4.35. The fourth-order valence-electron chi connectivity index (χ4n) is 3.05. The molecule has 140 valence electrons. The molecule has 1 unspecified atom stereocenters. The molecule has 1 atom stereocenters. The van der Waals surface area contributed by atoms with Crippen LogP contribution in [0.3, 0.4) is 0 Å². The second-order valence-electron chi connectivity index (χ2n) is 6.55. The van der Waals surface area contributed by atoms with Crippen LogP contribution in [0.4, 0.5) is 4.39 Å². The first kappa shape index (κ1) is 19.5. The van der Waals surface area contributed by atoms with Gasteiger partial charge < -0.3 is 0 Å². The third-order valence-electron chi connectivity index (χ3n) is 4.47. The fourth-order valence-corrected chi connectivity index (χ4v) is 3.67. The van der Waals surface area contributed by atoms with E-state index in [1.54, 1.807) is 4.57 Å². The Kier molecular flexibility index (Phi) is 6.22. The van der Waals surface area contributed by atoms with Crippen LogP contribution in [0.2, 0.25) is 0 Å². The maximum absolute atomic E-state index is 13.8. The topological polar surface area (TPSA) is 34.9 Å². The molecule has 3 nitrogen and oxygen atoms in total. The second kappa shape index (κ2) is 8.61. The smallest absolute Gasteiger partial charge is 0.268 e. The van der Waals surface area contributed by atoms with Crippen LogP contribution in [-0.2, 0) is 13.0 Å². The van der Waals surface area contributed by atoms with Gasteiger partial charge in [0.05, 0.1) is 12.2 Å². The van der Waals surface area contributed by atoms with Crippen LogP contribution >= 0.6 is 15.9 Å². The van der Waals surface area contributed by atoms with Gasteiger partial charge in [-0.25, -0.2) is 9.37 Å². The van der Waals surface area contributed by atoms with Crippen molar-refractivity contribution < 1.29 is 4.39 Å². The Hall–Kier alpha value is -2.27. The quantitative estimate of drug-likeness (QED) is 0.504. The average Bonchev–Trinajstić information content (AvgIpc) is 2.68. The zero-order chi connectivity index (χ0) is 19.4. The molecular weight excluding hydrogens is 407 g/mol. The highest BCUT2D eigenvalue weighted by molar-refractivity contribution is 9.10. The molecule has 0 saturated carbocycles. The minimum atomic E-state index is -1.29. The van der Waals surface area contributed by atoms with E-state index in [4.69, 9.17) is 0 Å². The minimum Gasteiger partial charge on any atom is -0.291 e. The lowest BCUT2D eigenvalue weighted by molar-refractivity contribution is 0.360. The summed E-state index contributed by atoms with van der Waals surface area (Å²) < 4.78 is 15.7. The molecule has 0 aliphatic heterocycles. The van der Waals surface area contributed by atoms with E-state index in [-0.39, 0.29) is 15.7 Å². The van der Waals surface area contributed by atoms with E-state index in [2.05, 4.69) is 45.2 Å². The molecule has 0 aliphatic rings. The normalized spacial score (nSPS) is 12.1. The number of benzene rings is 2. The number of rotatable bonds is 6. The maximum Gasteiger partial charge on any atom is 0.268 e. The predicted octanol–water partition coefficient (Wildman–Crippen LogP) is 5.70. The van der Waals surface area contributed by atoms with Gasteiger partial charge in [0, 0.05) is 6.42 Å². The summed E-state index contributed by atoms with van der Waals surface area (Å²) in [7, 11) is 0. The molecule has 1 aromatic heterocycles. The molecule has 0 amide bonds. The van der Waals surface area contributed by atoms with Crippen molar-refractivity contribution in [1.82, 2.24) is 9.55 Å². The molecule has 5 heteroatoms. The summed E-state index contributed by atoms with van der Waals surface area (Å²) in [5.74, 6) is 0.623. The van der Waals surface area contributed by atoms with Gasteiger partial charge >= 0.3 is 0 Å². The van der Waals surface area contributed by atoms with E-state index in [1.807, 2.05) is 37.3 Å². The summed E-state index contributed by atoms with van der Waals surface area (Å²) in [5, 5.41) is 0. The standard InChI is InChI=1S/C22H22BrFN2O/c1-3-7-19-25-21(15(2)24)20(23)22(27)26(19)14-16-10-12-18(13-11-16)17-8-5-4-6-9-17/h4-6,8-13,15H,3,7,14H2,1-2H3. The number of hydrogen-bond donors (Lipinski definition) is 0. The van der Waals surface area contributed by atoms with E-state index in [9.17, 15) is 9.18 Å². The summed E-state index contributed by atoms with van der Waals surface area (Å²) in [6, 6.07) is 18.3. The van der Waals surface area contributed by atoms with Crippen LogP contribution in [-0.4, -0.2) is 9.55 Å². The van der Waals surface area contributed by atoms with Gasteiger partial charge in [-0.1, -0.05) is 61.5 Å². The Bertz CT molecular complexity index is 966. The molecule has 0 fully saturated rings. The molecule has 0 aliphatic carbocycles. The van der Waals surface area contributed by atoms with E-state index in [0.717, 1.165) is 23.1 Å². The van der Waals surface area contributed by atoms with E-state index in [1.165, 1.54) is 6.92 Å². The number of halogens is 2. The number of nitrogens with zero attached hydrogens (tertiary/aromatic N) is 2. The molecular formula is C22H22BrFN2O. The second-order valence-corrected chi connectivity index (χ2v) is 7.34. The number of aromatic nitrogens is 2. The average molecular weight is 429 g/mol. The Morgan fingerprint density at radius 2 is 1.70 bits per heavy atom.